The molecular weight excluding hydrogens is 284 g/mol. The Morgan fingerprint density at radius 1 is 1.36 bits per heavy atom. The fraction of sp³-hybridized carbons (Fsp3) is 0.267. The minimum absolute atomic E-state index is 0.141. The van der Waals surface area contributed by atoms with Crippen LogP contribution in [0.15, 0.2) is 42.7 Å². The van der Waals surface area contributed by atoms with Crippen LogP contribution in [0.4, 0.5) is 10.5 Å². The molecule has 0 spiro atoms. The number of nitrogens with zero attached hydrogens (tertiary/aromatic N) is 3. The Labute approximate surface area is 127 Å². The van der Waals surface area contributed by atoms with Gasteiger partial charge in [0.25, 0.3) is 0 Å². The number of benzene rings is 1. The second-order valence-corrected chi connectivity index (χ2v) is 5.02. The smallest absolute Gasteiger partial charge is 0.414 e. The number of cyclic esters (lactones) is 1. The number of hydrogen-bond acceptors (Lipinski definition) is 4. The number of aromatic nitrogens is 2. The highest BCUT2D eigenvalue weighted by atomic mass is 16.6. The van der Waals surface area contributed by atoms with Gasteiger partial charge >= 0.3 is 6.09 Å². The summed E-state index contributed by atoms with van der Waals surface area (Å²) >= 11 is 0. The molecule has 1 aromatic heterocycles. The summed E-state index contributed by atoms with van der Waals surface area (Å²) in [7, 11) is 0. The minimum Gasteiger partial charge on any atom is -0.442 e. The quantitative estimate of drug-likeness (QED) is 0.924. The summed E-state index contributed by atoms with van der Waals surface area (Å²) in [6, 6.07) is 9.31. The number of ether oxygens (including phenoxy) is 1. The summed E-state index contributed by atoms with van der Waals surface area (Å²) < 4.78 is 6.98. The number of hydrogen-bond donors (Lipinski definition) is 1. The first-order chi connectivity index (χ1) is 10.6. The van der Waals surface area contributed by atoms with E-state index in [4.69, 9.17) is 4.74 Å². The highest BCUT2D eigenvalue weighted by Crippen LogP contribution is 2.22. The molecule has 22 heavy (non-hydrogen) atoms. The van der Waals surface area contributed by atoms with E-state index in [1.165, 1.54) is 6.92 Å². The van der Waals surface area contributed by atoms with Crippen LogP contribution < -0.4 is 10.2 Å². The van der Waals surface area contributed by atoms with Crippen LogP contribution in [0, 0.1) is 0 Å². The van der Waals surface area contributed by atoms with Crippen molar-refractivity contribution in [1.29, 1.82) is 0 Å². The van der Waals surface area contributed by atoms with Gasteiger partial charge in [0.2, 0.25) is 5.91 Å². The van der Waals surface area contributed by atoms with E-state index < -0.39 is 6.09 Å². The maximum Gasteiger partial charge on any atom is 0.414 e. The lowest BCUT2D eigenvalue weighted by Crippen LogP contribution is -2.33. The average Bonchev–Trinajstić information content (AvgIpc) is 3.15. The Kier molecular flexibility index (Phi) is 3.78. The predicted molar refractivity (Wildman–Crippen MR) is 79.9 cm³/mol. The Bertz CT molecular complexity index is 667. The summed E-state index contributed by atoms with van der Waals surface area (Å²) in [4.78, 5) is 24.4. The first kappa shape index (κ1) is 14.1. The molecule has 1 N–H and O–H groups in total. The lowest BCUT2D eigenvalue weighted by atomic mass is 10.2. The first-order valence-electron chi connectivity index (χ1n) is 6.96. The largest absolute Gasteiger partial charge is 0.442 e. The summed E-state index contributed by atoms with van der Waals surface area (Å²) in [5.74, 6) is -0.141. The van der Waals surface area contributed by atoms with Crippen LogP contribution in [0.1, 0.15) is 6.92 Å². The monoisotopic (exact) mass is 300 g/mol. The van der Waals surface area contributed by atoms with Gasteiger partial charge in [-0.2, -0.15) is 5.10 Å². The maximum atomic E-state index is 11.9. The third-order valence-electron chi connectivity index (χ3n) is 3.38. The number of anilines is 1. The van der Waals surface area contributed by atoms with E-state index in [1.54, 1.807) is 15.8 Å². The SMILES string of the molecule is CC(=O)NCC1CN(c2ccc(-n3cccn3)cc2)C(=O)O1. The van der Waals surface area contributed by atoms with E-state index in [9.17, 15) is 9.59 Å². The second kappa shape index (κ2) is 5.88. The molecule has 0 saturated carbocycles. The zero-order chi connectivity index (χ0) is 15.5. The summed E-state index contributed by atoms with van der Waals surface area (Å²) in [5, 5.41) is 6.81. The Hall–Kier alpha value is -2.83. The Balaban J connectivity index is 1.69. The molecule has 7 nitrogen and oxygen atoms in total. The molecule has 1 unspecified atom stereocenters. The van der Waals surface area contributed by atoms with Gasteiger partial charge in [-0.25, -0.2) is 9.48 Å². The van der Waals surface area contributed by atoms with Gasteiger partial charge in [0, 0.05) is 25.0 Å². The van der Waals surface area contributed by atoms with E-state index in [1.807, 2.05) is 36.5 Å². The zero-order valence-corrected chi connectivity index (χ0v) is 12.1. The van der Waals surface area contributed by atoms with Crippen molar-refractivity contribution in [2.45, 2.75) is 13.0 Å². The number of nitrogens with one attached hydrogen (secondary N) is 1. The number of rotatable bonds is 4. The number of amides is 2. The van der Waals surface area contributed by atoms with Crippen LogP contribution in [0.3, 0.4) is 0 Å². The van der Waals surface area contributed by atoms with Crippen molar-refractivity contribution in [2.75, 3.05) is 18.0 Å². The molecule has 7 heteroatoms. The van der Waals surface area contributed by atoms with Crippen LogP contribution in [-0.4, -0.2) is 41.0 Å². The molecule has 1 aliphatic rings. The van der Waals surface area contributed by atoms with Crippen LogP contribution in [0.5, 0.6) is 0 Å². The Morgan fingerprint density at radius 3 is 2.73 bits per heavy atom. The van der Waals surface area contributed by atoms with Gasteiger partial charge in [0.15, 0.2) is 0 Å². The predicted octanol–water partition coefficient (Wildman–Crippen LogP) is 1.33. The third-order valence-corrected chi connectivity index (χ3v) is 3.38. The molecule has 114 valence electrons. The maximum absolute atomic E-state index is 11.9. The van der Waals surface area contributed by atoms with E-state index in [0.717, 1.165) is 11.4 Å². The third kappa shape index (κ3) is 2.93. The summed E-state index contributed by atoms with van der Waals surface area (Å²) in [5.41, 5.74) is 1.67. The van der Waals surface area contributed by atoms with E-state index in [0.29, 0.717) is 13.1 Å². The molecule has 2 amide bonds. The van der Waals surface area contributed by atoms with Gasteiger partial charge in [-0.3, -0.25) is 9.69 Å². The topological polar surface area (TPSA) is 76.5 Å². The molecule has 1 saturated heterocycles. The minimum atomic E-state index is -0.401. The van der Waals surface area contributed by atoms with Gasteiger partial charge in [0.05, 0.1) is 18.8 Å². The van der Waals surface area contributed by atoms with Gasteiger partial charge in [-0.1, -0.05) is 0 Å². The van der Waals surface area contributed by atoms with Gasteiger partial charge in [0.1, 0.15) is 6.10 Å². The lowest BCUT2D eigenvalue weighted by molar-refractivity contribution is -0.119. The van der Waals surface area contributed by atoms with E-state index in [-0.39, 0.29) is 12.0 Å². The highest BCUT2D eigenvalue weighted by molar-refractivity contribution is 5.89. The normalized spacial score (nSPS) is 17.4. The van der Waals surface area contributed by atoms with Gasteiger partial charge in [-0.15, -0.1) is 0 Å². The van der Waals surface area contributed by atoms with Crippen molar-refractivity contribution < 1.29 is 14.3 Å². The van der Waals surface area contributed by atoms with Crippen molar-refractivity contribution in [1.82, 2.24) is 15.1 Å². The first-order valence-corrected chi connectivity index (χ1v) is 6.96. The molecule has 1 fully saturated rings. The van der Waals surface area contributed by atoms with Gasteiger partial charge < -0.3 is 10.1 Å². The lowest BCUT2D eigenvalue weighted by Gasteiger charge is -2.13. The molecule has 3 rings (SSSR count). The molecule has 0 radical (unpaired) electrons. The molecule has 0 bridgehead atoms. The van der Waals surface area contributed by atoms with Crippen molar-refractivity contribution in [3.05, 3.63) is 42.7 Å². The molecule has 1 atom stereocenters. The fourth-order valence-corrected chi connectivity index (χ4v) is 2.30. The second-order valence-electron chi connectivity index (χ2n) is 5.02. The van der Waals surface area contributed by atoms with Crippen LogP contribution in [0.25, 0.3) is 5.69 Å². The zero-order valence-electron chi connectivity index (χ0n) is 12.1. The molecule has 1 aromatic carbocycles. The summed E-state index contributed by atoms with van der Waals surface area (Å²) in [6.45, 7) is 2.17. The van der Waals surface area contributed by atoms with Gasteiger partial charge in [-0.05, 0) is 30.3 Å². The standard InChI is InChI=1S/C15H16N4O3/c1-11(20)16-9-14-10-18(15(21)22-14)12-3-5-13(6-4-12)19-8-2-7-17-19/h2-8,14H,9-10H2,1H3,(H,16,20). The number of carbonyl (C=O) groups is 2. The van der Waals surface area contributed by atoms with Crippen molar-refractivity contribution in [3.63, 3.8) is 0 Å². The van der Waals surface area contributed by atoms with Crippen LogP contribution in [-0.2, 0) is 9.53 Å². The molecule has 1 aliphatic heterocycles. The number of carbonyl (C=O) groups excluding carboxylic acids is 2. The van der Waals surface area contributed by atoms with Crippen molar-refractivity contribution in [3.8, 4) is 5.69 Å². The highest BCUT2D eigenvalue weighted by Gasteiger charge is 2.32. The Morgan fingerprint density at radius 2 is 2.09 bits per heavy atom. The molecule has 2 heterocycles. The van der Waals surface area contributed by atoms with E-state index in [2.05, 4.69) is 10.4 Å². The fourth-order valence-electron chi connectivity index (χ4n) is 2.30. The van der Waals surface area contributed by atoms with Crippen LogP contribution >= 0.6 is 0 Å². The summed E-state index contributed by atoms with van der Waals surface area (Å²) in [6.07, 6.45) is 2.82. The van der Waals surface area contributed by atoms with E-state index >= 15 is 0 Å². The van der Waals surface area contributed by atoms with Crippen molar-refractivity contribution >= 4 is 17.7 Å². The average molecular weight is 300 g/mol. The molecule has 0 aliphatic carbocycles. The molecule has 2 aromatic rings. The van der Waals surface area contributed by atoms with Crippen molar-refractivity contribution in [2.24, 2.45) is 0 Å². The molecular formula is C15H16N4O3. The van der Waals surface area contributed by atoms with Crippen LogP contribution in [0.2, 0.25) is 0 Å².